The number of hydrogen-bond acceptors (Lipinski definition) is 0. The molecular formula is C35H36Cl2SiZr. The molecule has 0 spiro atoms. The number of benzene rings is 4. The Kier molecular flexibility index (Phi) is 7.47. The molecule has 1 atom stereocenters. The molecule has 4 aromatic carbocycles. The van der Waals surface area contributed by atoms with E-state index < -0.39 is 27.4 Å². The van der Waals surface area contributed by atoms with Crippen LogP contribution in [0.4, 0.5) is 0 Å². The molecule has 1 aliphatic carbocycles. The third-order valence-corrected chi connectivity index (χ3v) is 22.9. The first-order valence-electron chi connectivity index (χ1n) is 14.2. The number of unbranched alkanes of at least 4 members (excludes halogenated alkanes) is 1. The van der Waals surface area contributed by atoms with E-state index >= 15 is 0 Å². The second kappa shape index (κ2) is 10.6. The van der Waals surface area contributed by atoms with Gasteiger partial charge in [-0.1, -0.05) is 0 Å². The normalized spacial score (nSPS) is 16.7. The fourth-order valence-electron chi connectivity index (χ4n) is 6.70. The molecule has 1 aliphatic heterocycles. The summed E-state index contributed by atoms with van der Waals surface area (Å²) in [5.41, 5.74) is 11.0. The molecule has 39 heavy (non-hydrogen) atoms. The van der Waals surface area contributed by atoms with Crippen molar-refractivity contribution in [2.75, 3.05) is 0 Å². The van der Waals surface area contributed by atoms with Crippen molar-refractivity contribution in [3.05, 3.63) is 107 Å². The Balaban J connectivity index is 1.55. The fraction of sp³-hybridized carbons (Fsp3) is 0.257. The molecule has 0 bridgehead atoms. The molecule has 0 amide bonds. The molecule has 0 fully saturated rings. The zero-order valence-corrected chi connectivity index (χ0v) is 28.7. The van der Waals surface area contributed by atoms with E-state index in [2.05, 4.69) is 119 Å². The van der Waals surface area contributed by atoms with Gasteiger partial charge in [0.15, 0.2) is 0 Å². The summed E-state index contributed by atoms with van der Waals surface area (Å²) >= 11 is -3.97. The molecule has 0 saturated heterocycles. The van der Waals surface area contributed by atoms with E-state index in [-0.39, 0.29) is 9.04 Å². The minimum atomic E-state index is -3.97. The van der Waals surface area contributed by atoms with Crippen LogP contribution in [0.3, 0.4) is 0 Å². The topological polar surface area (TPSA) is 0 Å². The van der Waals surface area contributed by atoms with E-state index in [0.29, 0.717) is 0 Å². The number of fused-ring (bicyclic) bond motifs is 4. The zero-order valence-electron chi connectivity index (χ0n) is 23.3. The summed E-state index contributed by atoms with van der Waals surface area (Å²) in [4.78, 5) is 0. The van der Waals surface area contributed by atoms with Crippen molar-refractivity contribution in [1.82, 2.24) is 0 Å². The summed E-state index contributed by atoms with van der Waals surface area (Å²) in [6, 6.07) is 31.3. The van der Waals surface area contributed by atoms with E-state index in [4.69, 9.17) is 17.0 Å². The van der Waals surface area contributed by atoms with Crippen LogP contribution in [0, 0.1) is 0 Å². The Morgan fingerprint density at radius 1 is 0.821 bits per heavy atom. The average Bonchev–Trinajstić information content (AvgIpc) is 3.49. The molecule has 1 heterocycles. The van der Waals surface area contributed by atoms with Crippen LogP contribution in [0.5, 0.6) is 0 Å². The third kappa shape index (κ3) is 4.80. The van der Waals surface area contributed by atoms with Gasteiger partial charge in [0, 0.05) is 0 Å². The first-order valence-corrected chi connectivity index (χ1v) is 24.6. The zero-order chi connectivity index (χ0) is 27.4. The van der Waals surface area contributed by atoms with Crippen LogP contribution in [-0.2, 0) is 23.3 Å². The van der Waals surface area contributed by atoms with Crippen LogP contribution >= 0.6 is 17.0 Å². The van der Waals surface area contributed by atoms with Gasteiger partial charge in [-0.05, 0) is 0 Å². The Hall–Kier alpha value is -1.70. The molecule has 0 N–H and O–H groups in total. The molecule has 4 heteroatoms. The van der Waals surface area contributed by atoms with E-state index in [9.17, 15) is 0 Å². The van der Waals surface area contributed by atoms with Gasteiger partial charge >= 0.3 is 250 Å². The molecule has 0 aromatic heterocycles. The van der Waals surface area contributed by atoms with E-state index in [1.165, 1.54) is 58.2 Å². The van der Waals surface area contributed by atoms with Crippen molar-refractivity contribution in [2.24, 2.45) is 0 Å². The molecule has 0 radical (unpaired) electrons. The van der Waals surface area contributed by atoms with Gasteiger partial charge in [-0.3, -0.25) is 0 Å². The summed E-state index contributed by atoms with van der Waals surface area (Å²) in [5, 5.41) is 3.02. The molecule has 4 aromatic rings. The van der Waals surface area contributed by atoms with Gasteiger partial charge in [0.05, 0.1) is 0 Å². The second-order valence-corrected chi connectivity index (χ2v) is 28.0. The quantitative estimate of drug-likeness (QED) is 0.163. The van der Waals surface area contributed by atoms with Gasteiger partial charge in [0.25, 0.3) is 0 Å². The predicted octanol–water partition coefficient (Wildman–Crippen LogP) is 8.17. The van der Waals surface area contributed by atoms with Crippen molar-refractivity contribution in [1.29, 1.82) is 0 Å². The van der Waals surface area contributed by atoms with Gasteiger partial charge in [-0.25, -0.2) is 0 Å². The van der Waals surface area contributed by atoms with Gasteiger partial charge in [-0.15, -0.1) is 0 Å². The molecule has 6 rings (SSSR count). The van der Waals surface area contributed by atoms with E-state index in [1.807, 2.05) is 0 Å². The Labute approximate surface area is 247 Å². The summed E-state index contributed by atoms with van der Waals surface area (Å²) in [5.74, 6) is 0. The SMILES string of the molecule is CCCCC1=Cc2c(ccc(C(C)(C)C)c2-c2ccccc2)[CH]1[Zr]([Cl])([Cl])[c]1cccc2c1[SiH2]c1ccccc1-2. The molecule has 0 nitrogen and oxygen atoms in total. The van der Waals surface area contributed by atoms with Crippen molar-refractivity contribution in [3.8, 4) is 22.3 Å². The number of halogens is 2. The number of rotatable bonds is 6. The first-order chi connectivity index (χ1) is 18.7. The summed E-state index contributed by atoms with van der Waals surface area (Å²) < 4.78 is 1.44. The molecule has 0 saturated carbocycles. The Morgan fingerprint density at radius 2 is 1.54 bits per heavy atom. The number of hydrogen-bond donors (Lipinski definition) is 0. The van der Waals surface area contributed by atoms with Crippen LogP contribution in [0.1, 0.15) is 67.3 Å². The van der Waals surface area contributed by atoms with Crippen molar-refractivity contribution < 1.29 is 17.9 Å². The van der Waals surface area contributed by atoms with Crippen LogP contribution in [0.2, 0.25) is 0 Å². The van der Waals surface area contributed by atoms with Crippen LogP contribution in [0.15, 0.2) is 90.5 Å². The number of allylic oxidation sites excluding steroid dienone is 1. The second-order valence-electron chi connectivity index (χ2n) is 12.2. The summed E-state index contributed by atoms with van der Waals surface area (Å²) in [7, 11) is 15.1. The Bertz CT molecular complexity index is 1580. The Morgan fingerprint density at radius 3 is 2.28 bits per heavy atom. The maximum absolute atomic E-state index is 7.88. The maximum atomic E-state index is 7.88. The standard InChI is InChI=1S/C23H27.C12H9Si.2ClH.Zr/c1-5-6-10-17-15-19-13-14-21(23(2,3)4)22(20(19)16-17)18-11-8-7-9-12-18;1-3-7-11-9(5-1)10-6-2-4-8-12(10)13-11;;;/h7-9,11-16H,5-6,10H2,1-4H3;1-7H,13H2;2*1H;/q;;;;+2/p-2. The molecule has 198 valence electrons. The van der Waals surface area contributed by atoms with Crippen molar-refractivity contribution in [2.45, 2.75) is 56.0 Å². The van der Waals surface area contributed by atoms with E-state index in [0.717, 1.165) is 19.3 Å². The monoisotopic (exact) mass is 644 g/mol. The fourth-order valence-corrected chi connectivity index (χ4v) is 23.6. The van der Waals surface area contributed by atoms with Crippen molar-refractivity contribution >= 4 is 46.3 Å². The van der Waals surface area contributed by atoms with Gasteiger partial charge in [0.2, 0.25) is 0 Å². The van der Waals surface area contributed by atoms with Crippen LogP contribution < -0.4 is 13.6 Å². The summed E-state index contributed by atoms with van der Waals surface area (Å²) in [6.07, 6.45) is 5.86. The van der Waals surface area contributed by atoms with Gasteiger partial charge in [-0.2, -0.15) is 0 Å². The predicted molar refractivity (Wildman–Crippen MR) is 172 cm³/mol. The van der Waals surface area contributed by atoms with E-state index in [1.54, 1.807) is 0 Å². The van der Waals surface area contributed by atoms with Gasteiger partial charge in [0.1, 0.15) is 0 Å². The van der Waals surface area contributed by atoms with Gasteiger partial charge < -0.3 is 0 Å². The summed E-state index contributed by atoms with van der Waals surface area (Å²) in [6.45, 7) is 9.22. The van der Waals surface area contributed by atoms with Crippen LogP contribution in [0.25, 0.3) is 28.3 Å². The third-order valence-electron chi connectivity index (χ3n) is 8.55. The minimum absolute atomic E-state index is 0.0235. The first kappa shape index (κ1) is 27.5. The molecular weight excluding hydrogens is 611 g/mol. The average molecular weight is 647 g/mol. The van der Waals surface area contributed by atoms with Crippen LogP contribution in [-0.4, -0.2) is 9.52 Å². The van der Waals surface area contributed by atoms with Crippen molar-refractivity contribution in [3.63, 3.8) is 0 Å². The molecule has 1 unspecified atom stereocenters. The molecule has 2 aliphatic rings.